The van der Waals surface area contributed by atoms with Crippen molar-refractivity contribution in [1.82, 2.24) is 15.1 Å². The van der Waals surface area contributed by atoms with Gasteiger partial charge in [-0.2, -0.15) is 0 Å². The summed E-state index contributed by atoms with van der Waals surface area (Å²) in [6, 6.07) is 0. The molecule has 2 saturated heterocycles. The second kappa shape index (κ2) is 13.7. The average Bonchev–Trinajstić information content (AvgIpc) is 3.16. The van der Waals surface area contributed by atoms with Crippen LogP contribution in [0.4, 0.5) is 9.59 Å². The minimum absolute atomic E-state index is 0.0903. The number of alkyl halides is 2. The van der Waals surface area contributed by atoms with E-state index in [1.54, 1.807) is 9.80 Å². The minimum Gasteiger partial charge on any atom is -0.443 e. The van der Waals surface area contributed by atoms with Crippen molar-refractivity contribution >= 4 is 41.3 Å². The smallest absolute Gasteiger partial charge is 0.410 e. The minimum atomic E-state index is -0.294. The molecule has 152 valence electrons. The summed E-state index contributed by atoms with van der Waals surface area (Å²) in [6.45, 7) is 8.63. The molecule has 0 aromatic rings. The summed E-state index contributed by atoms with van der Waals surface area (Å²) in [5.41, 5.74) is 5.31. The number of ether oxygens (including phenoxy) is 2. The third kappa shape index (κ3) is 9.30. The molecular weight excluding hydrogens is 387 g/mol. The van der Waals surface area contributed by atoms with Crippen LogP contribution in [-0.4, -0.2) is 84.7 Å². The quantitative estimate of drug-likeness (QED) is 0.652. The number of carbonyl (C=O) groups excluding carboxylic acids is 3. The molecule has 2 fully saturated rings. The van der Waals surface area contributed by atoms with Gasteiger partial charge < -0.3 is 30.3 Å². The van der Waals surface area contributed by atoms with E-state index in [2.05, 4.69) is 5.32 Å². The molecule has 3 N–H and O–H groups in total. The van der Waals surface area contributed by atoms with Crippen molar-refractivity contribution < 1.29 is 23.9 Å². The van der Waals surface area contributed by atoms with Gasteiger partial charge in [0.25, 0.3) is 0 Å². The van der Waals surface area contributed by atoms with Crippen LogP contribution in [-0.2, 0) is 14.3 Å². The first-order valence-electron chi connectivity index (χ1n) is 8.30. The fourth-order valence-corrected chi connectivity index (χ4v) is 2.15. The molecule has 0 radical (unpaired) electrons. The van der Waals surface area contributed by atoms with Crippen molar-refractivity contribution in [3.05, 3.63) is 0 Å². The van der Waals surface area contributed by atoms with Gasteiger partial charge in [0.2, 0.25) is 5.91 Å². The van der Waals surface area contributed by atoms with Gasteiger partial charge in [-0.1, -0.05) is 0 Å². The normalized spacial score (nSPS) is 21.2. The van der Waals surface area contributed by atoms with Gasteiger partial charge >= 0.3 is 12.2 Å². The van der Waals surface area contributed by atoms with Crippen LogP contribution in [0.5, 0.6) is 0 Å². The third-order valence-corrected chi connectivity index (χ3v) is 3.50. The predicted molar refractivity (Wildman–Crippen MR) is 99.3 cm³/mol. The van der Waals surface area contributed by atoms with Crippen molar-refractivity contribution in [2.45, 2.75) is 33.0 Å². The molecule has 2 heterocycles. The van der Waals surface area contributed by atoms with E-state index in [-0.39, 0.29) is 35.6 Å². The highest BCUT2D eigenvalue weighted by atomic mass is 35.5. The standard InChI is InChI=1S/C8H14N2O3.C6H12N2O2.CH2Cl2/c1-3-10-5-7(13-8(10)12)4-9-6(2)11;1-2-8-4-5(3-7)10-6(8)9;2-1-3/h7H,3-5H2,1-2H3,(H,9,11);5H,2-4,7H2,1H3;1H2/t7-;5-;/m11./s1. The number of likely N-dealkylation sites (N-methyl/N-ethyl adjacent to an activating group) is 2. The Morgan fingerprint density at radius 2 is 1.54 bits per heavy atom. The number of cyclic esters (lactones) is 2. The highest BCUT2D eigenvalue weighted by Crippen LogP contribution is 2.09. The van der Waals surface area contributed by atoms with E-state index in [0.29, 0.717) is 39.3 Å². The van der Waals surface area contributed by atoms with E-state index in [1.165, 1.54) is 6.92 Å². The Bertz CT molecular complexity index is 456. The molecule has 2 aliphatic heterocycles. The maximum absolute atomic E-state index is 11.1. The largest absolute Gasteiger partial charge is 0.443 e. The van der Waals surface area contributed by atoms with E-state index in [9.17, 15) is 14.4 Å². The maximum Gasteiger partial charge on any atom is 0.410 e. The molecule has 2 aliphatic rings. The lowest BCUT2D eigenvalue weighted by Crippen LogP contribution is -2.33. The molecule has 26 heavy (non-hydrogen) atoms. The fraction of sp³-hybridized carbons (Fsp3) is 0.800. The van der Waals surface area contributed by atoms with Crippen molar-refractivity contribution in [1.29, 1.82) is 0 Å². The molecule has 2 atom stereocenters. The molecule has 0 saturated carbocycles. The Balaban J connectivity index is 0.000000428. The van der Waals surface area contributed by atoms with E-state index in [1.807, 2.05) is 13.8 Å². The van der Waals surface area contributed by atoms with Crippen molar-refractivity contribution in [2.75, 3.05) is 44.6 Å². The maximum atomic E-state index is 11.1. The predicted octanol–water partition coefficient (Wildman–Crippen LogP) is 1.17. The highest BCUT2D eigenvalue weighted by molar-refractivity contribution is 6.40. The molecule has 0 aromatic heterocycles. The summed E-state index contributed by atoms with van der Waals surface area (Å²) in [5.74, 6) is -0.106. The van der Waals surface area contributed by atoms with Crippen LogP contribution < -0.4 is 11.1 Å². The molecule has 0 aliphatic carbocycles. The van der Waals surface area contributed by atoms with Crippen molar-refractivity contribution in [3.63, 3.8) is 0 Å². The zero-order valence-electron chi connectivity index (χ0n) is 15.4. The zero-order chi connectivity index (χ0) is 20.1. The molecule has 11 heteroatoms. The number of nitrogens with two attached hydrogens (primary N) is 1. The molecule has 0 spiro atoms. The molecule has 2 rings (SSSR count). The topological polar surface area (TPSA) is 114 Å². The lowest BCUT2D eigenvalue weighted by Gasteiger charge is -2.08. The van der Waals surface area contributed by atoms with Crippen LogP contribution in [0, 0.1) is 0 Å². The van der Waals surface area contributed by atoms with Gasteiger partial charge in [0, 0.05) is 26.6 Å². The SMILES string of the molecule is CCN1C[C@@H](CN)OC1=O.CCN1C[C@@H](CNC(C)=O)OC1=O.ClCCl. The average molecular weight is 415 g/mol. The molecule has 0 unspecified atom stereocenters. The highest BCUT2D eigenvalue weighted by Gasteiger charge is 2.29. The Kier molecular flexibility index (Phi) is 12.9. The molecule has 3 amide bonds. The third-order valence-electron chi connectivity index (χ3n) is 3.50. The molecular formula is C15H28Cl2N4O5. The first-order valence-corrected chi connectivity index (χ1v) is 9.37. The summed E-state index contributed by atoms with van der Waals surface area (Å²) < 4.78 is 9.86. The van der Waals surface area contributed by atoms with Crippen LogP contribution in [0.3, 0.4) is 0 Å². The van der Waals surface area contributed by atoms with Crippen LogP contribution >= 0.6 is 23.2 Å². The van der Waals surface area contributed by atoms with Gasteiger partial charge in [0.1, 0.15) is 12.2 Å². The van der Waals surface area contributed by atoms with Gasteiger partial charge in [-0.15, -0.1) is 23.2 Å². The first-order chi connectivity index (χ1) is 12.3. The molecule has 9 nitrogen and oxygen atoms in total. The summed E-state index contributed by atoms with van der Waals surface area (Å²) in [5, 5.41) is 2.80. The summed E-state index contributed by atoms with van der Waals surface area (Å²) in [7, 11) is 0. The van der Waals surface area contributed by atoms with Gasteiger partial charge in [-0.05, 0) is 13.8 Å². The van der Waals surface area contributed by atoms with E-state index < -0.39 is 0 Å². The van der Waals surface area contributed by atoms with Crippen molar-refractivity contribution in [3.8, 4) is 0 Å². The summed E-state index contributed by atoms with van der Waals surface area (Å²) in [4.78, 5) is 35.7. The Hall–Kier alpha value is -1.45. The van der Waals surface area contributed by atoms with E-state index >= 15 is 0 Å². The lowest BCUT2D eigenvalue weighted by molar-refractivity contribution is -0.119. The van der Waals surface area contributed by atoms with Gasteiger partial charge in [-0.25, -0.2) is 9.59 Å². The molecule has 0 aromatic carbocycles. The van der Waals surface area contributed by atoms with E-state index in [0.717, 1.165) is 0 Å². The Morgan fingerprint density at radius 3 is 1.85 bits per heavy atom. The van der Waals surface area contributed by atoms with E-state index in [4.69, 9.17) is 38.4 Å². The van der Waals surface area contributed by atoms with Gasteiger partial charge in [-0.3, -0.25) is 4.79 Å². The number of amides is 3. The van der Waals surface area contributed by atoms with Gasteiger partial charge in [0.15, 0.2) is 0 Å². The Labute approximate surface area is 164 Å². The van der Waals surface area contributed by atoms with Crippen LogP contribution in [0.25, 0.3) is 0 Å². The van der Waals surface area contributed by atoms with Crippen LogP contribution in [0.15, 0.2) is 0 Å². The van der Waals surface area contributed by atoms with Gasteiger partial charge in [0.05, 0.1) is 25.0 Å². The summed E-state index contributed by atoms with van der Waals surface area (Å²) in [6.07, 6.45) is -0.820. The van der Waals surface area contributed by atoms with Crippen molar-refractivity contribution in [2.24, 2.45) is 5.73 Å². The monoisotopic (exact) mass is 414 g/mol. The Morgan fingerprint density at radius 1 is 1.12 bits per heavy atom. The second-order valence-corrected chi connectivity index (χ2v) is 6.17. The van der Waals surface area contributed by atoms with Crippen LogP contribution in [0.1, 0.15) is 20.8 Å². The zero-order valence-corrected chi connectivity index (χ0v) is 16.9. The second-order valence-electron chi connectivity index (χ2n) is 5.36. The fourth-order valence-electron chi connectivity index (χ4n) is 2.15. The number of rotatable bonds is 5. The number of nitrogens with one attached hydrogen (secondary N) is 1. The number of hydrogen-bond donors (Lipinski definition) is 2. The molecule has 0 bridgehead atoms. The number of carbonyl (C=O) groups is 3. The first kappa shape index (κ1) is 24.6. The summed E-state index contributed by atoms with van der Waals surface area (Å²) >= 11 is 9.53. The lowest BCUT2D eigenvalue weighted by atomic mass is 10.3. The van der Waals surface area contributed by atoms with Crippen LogP contribution in [0.2, 0.25) is 0 Å². The number of halogens is 2. The number of nitrogens with zero attached hydrogens (tertiary/aromatic N) is 2. The number of hydrogen-bond acceptors (Lipinski definition) is 6.